The Balaban J connectivity index is 2.48. The van der Waals surface area contributed by atoms with E-state index < -0.39 is 11.4 Å². The van der Waals surface area contributed by atoms with E-state index in [4.69, 9.17) is 0 Å². The standard InChI is InChI=1S/C16H19F3N2O2S/c1-15(2,3)21-14(23)10-20-13(22)9-6-11-4-7-12(8-5-11)24-16(17,18)19/h4-9H,10H2,1-3H3,(H,20,22)(H,21,23)/b9-6+. The van der Waals surface area contributed by atoms with Crippen LogP contribution in [0.2, 0.25) is 0 Å². The van der Waals surface area contributed by atoms with Crippen LogP contribution in [0.4, 0.5) is 13.2 Å². The monoisotopic (exact) mass is 360 g/mol. The van der Waals surface area contributed by atoms with E-state index in [1.165, 1.54) is 36.4 Å². The van der Waals surface area contributed by atoms with Crippen LogP contribution < -0.4 is 10.6 Å². The van der Waals surface area contributed by atoms with E-state index in [9.17, 15) is 22.8 Å². The number of amides is 2. The van der Waals surface area contributed by atoms with Gasteiger partial charge >= 0.3 is 5.51 Å². The average Bonchev–Trinajstić information content (AvgIpc) is 2.41. The van der Waals surface area contributed by atoms with Crippen LogP contribution >= 0.6 is 11.8 Å². The number of carbonyl (C=O) groups is 2. The number of carbonyl (C=O) groups excluding carboxylic acids is 2. The molecule has 2 N–H and O–H groups in total. The van der Waals surface area contributed by atoms with Gasteiger partial charge in [0, 0.05) is 16.5 Å². The van der Waals surface area contributed by atoms with Gasteiger partial charge in [-0.3, -0.25) is 9.59 Å². The highest BCUT2D eigenvalue weighted by atomic mass is 32.2. The number of benzene rings is 1. The summed E-state index contributed by atoms with van der Waals surface area (Å²) in [5.74, 6) is -0.773. The van der Waals surface area contributed by atoms with Gasteiger partial charge in [-0.05, 0) is 56.3 Å². The molecule has 1 aromatic rings. The van der Waals surface area contributed by atoms with E-state index in [2.05, 4.69) is 10.6 Å². The van der Waals surface area contributed by atoms with Gasteiger partial charge in [0.1, 0.15) is 0 Å². The second kappa shape index (κ2) is 8.23. The number of alkyl halides is 3. The molecule has 2 amide bonds. The number of hydrogen-bond donors (Lipinski definition) is 2. The maximum atomic E-state index is 12.2. The molecule has 0 saturated carbocycles. The van der Waals surface area contributed by atoms with Crippen LogP contribution in [-0.4, -0.2) is 29.4 Å². The first-order valence-corrected chi connectivity index (χ1v) is 7.89. The highest BCUT2D eigenvalue weighted by Gasteiger charge is 2.28. The molecule has 24 heavy (non-hydrogen) atoms. The molecule has 0 aliphatic rings. The summed E-state index contributed by atoms with van der Waals surface area (Å²) in [5, 5.41) is 5.13. The van der Waals surface area contributed by atoms with Gasteiger partial charge in [-0.25, -0.2) is 0 Å². The zero-order chi connectivity index (χ0) is 18.4. The fourth-order valence-corrected chi connectivity index (χ4v) is 2.18. The number of hydrogen-bond acceptors (Lipinski definition) is 3. The summed E-state index contributed by atoms with van der Waals surface area (Å²) in [6.45, 7) is 5.33. The smallest absolute Gasteiger partial charge is 0.350 e. The Kier molecular flexibility index (Phi) is 6.89. The molecule has 4 nitrogen and oxygen atoms in total. The van der Waals surface area contributed by atoms with Gasteiger partial charge in [-0.1, -0.05) is 12.1 Å². The lowest BCUT2D eigenvalue weighted by Crippen LogP contribution is -2.45. The van der Waals surface area contributed by atoms with Gasteiger partial charge in [0.15, 0.2) is 0 Å². The Morgan fingerprint density at radius 3 is 2.21 bits per heavy atom. The number of halogens is 3. The second-order valence-corrected chi connectivity index (χ2v) is 7.10. The van der Waals surface area contributed by atoms with Crippen molar-refractivity contribution in [3.05, 3.63) is 35.9 Å². The summed E-state index contributed by atoms with van der Waals surface area (Å²) in [5.41, 5.74) is -4.13. The van der Waals surface area contributed by atoms with Crippen LogP contribution in [0.3, 0.4) is 0 Å². The Labute approximate surface area is 142 Å². The minimum Gasteiger partial charge on any atom is -0.350 e. The summed E-state index contributed by atoms with van der Waals surface area (Å²) in [6.07, 6.45) is 2.68. The highest BCUT2D eigenvalue weighted by molar-refractivity contribution is 8.00. The molecular formula is C16H19F3N2O2S. The fraction of sp³-hybridized carbons (Fsp3) is 0.375. The van der Waals surface area contributed by atoms with E-state index in [0.717, 1.165) is 0 Å². The van der Waals surface area contributed by atoms with Gasteiger partial charge in [0.2, 0.25) is 11.8 Å². The summed E-state index contributed by atoms with van der Waals surface area (Å²) in [4.78, 5) is 23.2. The van der Waals surface area contributed by atoms with Crippen molar-refractivity contribution in [2.45, 2.75) is 36.7 Å². The van der Waals surface area contributed by atoms with Crippen molar-refractivity contribution in [3.63, 3.8) is 0 Å². The van der Waals surface area contributed by atoms with E-state index in [0.29, 0.717) is 5.56 Å². The van der Waals surface area contributed by atoms with Crippen LogP contribution in [0.1, 0.15) is 26.3 Å². The lowest BCUT2D eigenvalue weighted by molar-refractivity contribution is -0.124. The van der Waals surface area contributed by atoms with E-state index in [1.807, 2.05) is 20.8 Å². The van der Waals surface area contributed by atoms with Crippen LogP contribution in [0.25, 0.3) is 6.08 Å². The zero-order valence-corrected chi connectivity index (χ0v) is 14.3. The first kappa shape index (κ1) is 20.1. The third kappa shape index (κ3) is 9.24. The summed E-state index contributed by atoms with van der Waals surface area (Å²) >= 11 is -0.198. The molecule has 0 spiro atoms. The molecule has 0 saturated heterocycles. The second-order valence-electron chi connectivity index (χ2n) is 5.97. The predicted molar refractivity (Wildman–Crippen MR) is 88.3 cm³/mol. The minimum absolute atomic E-state index is 0.0722. The van der Waals surface area contributed by atoms with Gasteiger partial charge in [-0.15, -0.1) is 0 Å². The number of thioether (sulfide) groups is 1. The lowest BCUT2D eigenvalue weighted by Gasteiger charge is -2.20. The largest absolute Gasteiger partial charge is 0.446 e. The molecule has 1 aromatic carbocycles. The molecule has 132 valence electrons. The van der Waals surface area contributed by atoms with Crippen molar-refractivity contribution in [2.75, 3.05) is 6.54 Å². The van der Waals surface area contributed by atoms with E-state index in [1.54, 1.807) is 0 Å². The molecule has 0 aliphatic heterocycles. The molecule has 0 bridgehead atoms. The normalized spacial score (nSPS) is 12.2. The minimum atomic E-state index is -4.33. The third-order valence-corrected chi connectivity index (χ3v) is 3.22. The summed E-state index contributed by atoms with van der Waals surface area (Å²) in [6, 6.07) is 5.60. The summed E-state index contributed by atoms with van der Waals surface area (Å²) in [7, 11) is 0. The molecule has 0 heterocycles. The average molecular weight is 360 g/mol. The molecule has 0 radical (unpaired) electrons. The highest BCUT2D eigenvalue weighted by Crippen LogP contribution is 2.36. The number of nitrogens with one attached hydrogen (secondary N) is 2. The van der Waals surface area contributed by atoms with Gasteiger partial charge in [0.05, 0.1) is 6.54 Å². The topological polar surface area (TPSA) is 58.2 Å². The van der Waals surface area contributed by atoms with Crippen molar-refractivity contribution >= 4 is 29.7 Å². The van der Waals surface area contributed by atoms with Gasteiger partial charge < -0.3 is 10.6 Å². The van der Waals surface area contributed by atoms with Crippen molar-refractivity contribution in [3.8, 4) is 0 Å². The Morgan fingerprint density at radius 1 is 1.12 bits per heavy atom. The van der Waals surface area contributed by atoms with Crippen molar-refractivity contribution < 1.29 is 22.8 Å². The zero-order valence-electron chi connectivity index (χ0n) is 13.5. The number of rotatable bonds is 5. The van der Waals surface area contributed by atoms with Crippen LogP contribution in [-0.2, 0) is 9.59 Å². The van der Waals surface area contributed by atoms with Crippen molar-refractivity contribution in [1.82, 2.24) is 10.6 Å². The molecule has 0 unspecified atom stereocenters. The van der Waals surface area contributed by atoms with Crippen LogP contribution in [0.15, 0.2) is 35.2 Å². The molecule has 8 heteroatoms. The van der Waals surface area contributed by atoms with E-state index >= 15 is 0 Å². The quantitative estimate of drug-likeness (QED) is 0.625. The Bertz CT molecular complexity index is 605. The van der Waals surface area contributed by atoms with Gasteiger partial charge in [0.25, 0.3) is 0 Å². The fourth-order valence-electron chi connectivity index (χ4n) is 1.64. The van der Waals surface area contributed by atoms with E-state index in [-0.39, 0.29) is 34.6 Å². The molecule has 0 aromatic heterocycles. The molecule has 1 rings (SSSR count). The van der Waals surface area contributed by atoms with Crippen LogP contribution in [0.5, 0.6) is 0 Å². The SMILES string of the molecule is CC(C)(C)NC(=O)CNC(=O)/C=C/c1ccc(SC(F)(F)F)cc1. The molecule has 0 aliphatic carbocycles. The molecular weight excluding hydrogens is 341 g/mol. The predicted octanol–water partition coefficient (Wildman–Crippen LogP) is 3.34. The Hall–Kier alpha value is -1.96. The first-order valence-electron chi connectivity index (χ1n) is 7.07. The lowest BCUT2D eigenvalue weighted by atomic mass is 10.1. The van der Waals surface area contributed by atoms with Crippen molar-refractivity contribution in [1.29, 1.82) is 0 Å². The molecule has 0 fully saturated rings. The maximum Gasteiger partial charge on any atom is 0.446 e. The third-order valence-electron chi connectivity index (χ3n) is 2.48. The molecule has 0 atom stereocenters. The van der Waals surface area contributed by atoms with Gasteiger partial charge in [-0.2, -0.15) is 13.2 Å². The van der Waals surface area contributed by atoms with Crippen molar-refractivity contribution in [2.24, 2.45) is 0 Å². The first-order chi connectivity index (χ1) is 10.9. The summed E-state index contributed by atoms with van der Waals surface area (Å²) < 4.78 is 36.6. The Morgan fingerprint density at radius 2 is 1.71 bits per heavy atom. The van der Waals surface area contributed by atoms with Crippen LogP contribution in [0, 0.1) is 0 Å². The maximum absolute atomic E-state index is 12.2.